The van der Waals surface area contributed by atoms with Gasteiger partial charge in [0.15, 0.2) is 11.0 Å². The summed E-state index contributed by atoms with van der Waals surface area (Å²) in [6.07, 6.45) is -1.68. The zero-order valence-corrected chi connectivity index (χ0v) is 22.6. The first kappa shape index (κ1) is 26.2. The van der Waals surface area contributed by atoms with Crippen molar-refractivity contribution in [3.05, 3.63) is 16.7 Å². The minimum atomic E-state index is -4.04. The van der Waals surface area contributed by atoms with Gasteiger partial charge in [0.1, 0.15) is 16.9 Å². The van der Waals surface area contributed by atoms with E-state index in [1.54, 1.807) is 27.7 Å². The number of hydrogen-bond acceptors (Lipinski definition) is 8. The molecule has 14 heteroatoms. The maximum Gasteiger partial charge on any atom is 0.415 e. The molecule has 0 saturated carbocycles. The molecule has 2 fully saturated rings. The Bertz CT molecular complexity index is 1440. The van der Waals surface area contributed by atoms with Crippen LogP contribution in [0.3, 0.4) is 0 Å². The molecule has 0 N–H and O–H groups in total. The highest BCUT2D eigenvalue weighted by atomic mass is 35.5. The third kappa shape index (κ3) is 3.83. The smallest absolute Gasteiger partial charge is 0.415 e. The molecule has 0 radical (unpaired) electrons. The standard InChI is InChI=1S/C23H27ClF3N5O4S/c1-6-37(34,35)19-29-15-13-12(28-17(24)14(15)25)9-11(2)16-23(27)8-7-22(26,10-31(16)18(13)30-19)32(23)20(33)36-21(3,4)5/h11,16H,6-10H2,1-5H3/t11-,16-,22+,23-/m0/s1. The van der Waals surface area contributed by atoms with Gasteiger partial charge in [-0.15, -0.1) is 0 Å². The van der Waals surface area contributed by atoms with Crippen molar-refractivity contribution >= 4 is 44.3 Å². The molecule has 3 aliphatic heterocycles. The number of pyridine rings is 1. The van der Waals surface area contributed by atoms with E-state index in [-0.39, 0.29) is 47.4 Å². The van der Waals surface area contributed by atoms with E-state index < -0.39 is 67.7 Å². The fourth-order valence-electron chi connectivity index (χ4n) is 5.74. The van der Waals surface area contributed by atoms with E-state index in [4.69, 9.17) is 16.3 Å². The van der Waals surface area contributed by atoms with Crippen molar-refractivity contribution in [1.29, 1.82) is 0 Å². The van der Waals surface area contributed by atoms with Crippen molar-refractivity contribution in [2.24, 2.45) is 5.92 Å². The van der Waals surface area contributed by atoms with Gasteiger partial charge >= 0.3 is 6.09 Å². The second-order valence-corrected chi connectivity index (χ2v) is 13.5. The van der Waals surface area contributed by atoms with Gasteiger partial charge in [-0.1, -0.05) is 25.4 Å². The fraction of sp³-hybridized carbons (Fsp3) is 0.652. The molecule has 2 saturated heterocycles. The highest BCUT2D eigenvalue weighted by Crippen LogP contribution is 2.55. The van der Waals surface area contributed by atoms with Crippen LogP contribution in [0.1, 0.15) is 53.2 Å². The quantitative estimate of drug-likeness (QED) is 0.303. The summed E-state index contributed by atoms with van der Waals surface area (Å²) in [7, 11) is -4.04. The lowest BCUT2D eigenvalue weighted by atomic mass is 9.86. The van der Waals surface area contributed by atoms with Crippen LogP contribution in [0, 0.1) is 11.7 Å². The number of fused-ring (bicyclic) bond motifs is 5. The summed E-state index contributed by atoms with van der Waals surface area (Å²) in [5, 5.41) is -1.16. The van der Waals surface area contributed by atoms with Crippen LogP contribution in [0.4, 0.5) is 23.8 Å². The Morgan fingerprint density at radius 1 is 1.22 bits per heavy atom. The van der Waals surface area contributed by atoms with Gasteiger partial charge in [0.05, 0.1) is 29.4 Å². The molecule has 2 aromatic rings. The maximum atomic E-state index is 17.1. The Hall–Kier alpha value is -2.41. The molecule has 2 bridgehead atoms. The van der Waals surface area contributed by atoms with E-state index in [1.165, 1.54) is 11.8 Å². The van der Waals surface area contributed by atoms with Gasteiger partial charge in [-0.3, -0.25) is 0 Å². The number of carbonyl (C=O) groups is 1. The molecule has 37 heavy (non-hydrogen) atoms. The number of halogens is 4. The first-order valence-corrected chi connectivity index (χ1v) is 14.0. The average molecular weight is 562 g/mol. The van der Waals surface area contributed by atoms with E-state index in [9.17, 15) is 13.2 Å². The first-order valence-electron chi connectivity index (χ1n) is 12.0. The van der Waals surface area contributed by atoms with Crippen LogP contribution in [0.25, 0.3) is 10.9 Å². The Labute approximate surface area is 217 Å². The summed E-state index contributed by atoms with van der Waals surface area (Å²) in [6, 6.07) is -1.17. The van der Waals surface area contributed by atoms with E-state index in [2.05, 4.69) is 15.0 Å². The van der Waals surface area contributed by atoms with Crippen molar-refractivity contribution in [3.8, 4) is 0 Å². The SMILES string of the molecule is CCS(=O)(=O)c1nc2c3c(nc(Cl)c(F)c3n1)C[C@H](C)[C@@H]1N2C[C@@]2(F)CC[C@]1(F)N2C(=O)OC(C)(C)C. The highest BCUT2D eigenvalue weighted by molar-refractivity contribution is 7.91. The molecular weight excluding hydrogens is 535 g/mol. The topological polar surface area (TPSA) is 106 Å². The third-order valence-electron chi connectivity index (χ3n) is 7.17. The van der Waals surface area contributed by atoms with E-state index in [0.717, 1.165) is 0 Å². The Morgan fingerprint density at radius 2 is 1.89 bits per heavy atom. The lowest BCUT2D eigenvalue weighted by molar-refractivity contribution is -0.139. The molecule has 1 amide bonds. The van der Waals surface area contributed by atoms with Crippen molar-refractivity contribution in [2.45, 2.75) is 82.3 Å². The second kappa shape index (κ2) is 8.05. The first-order chi connectivity index (χ1) is 17.0. The number of aromatic nitrogens is 3. The van der Waals surface area contributed by atoms with Crippen LogP contribution in [-0.4, -0.2) is 69.9 Å². The van der Waals surface area contributed by atoms with Gasteiger partial charge in [0.25, 0.3) is 0 Å². The van der Waals surface area contributed by atoms with Crippen LogP contribution in [-0.2, 0) is 21.0 Å². The molecule has 0 aliphatic carbocycles. The number of rotatable bonds is 2. The van der Waals surface area contributed by atoms with E-state index >= 15 is 13.2 Å². The lowest BCUT2D eigenvalue weighted by Crippen LogP contribution is -2.72. The predicted molar refractivity (Wildman–Crippen MR) is 129 cm³/mol. The number of anilines is 1. The molecule has 0 unspecified atom stereocenters. The normalized spacial score (nSPS) is 29.3. The molecule has 202 valence electrons. The number of carbonyl (C=O) groups excluding carboxylic acids is 1. The Balaban J connectivity index is 1.77. The van der Waals surface area contributed by atoms with Crippen molar-refractivity contribution in [1.82, 2.24) is 19.9 Å². The number of hydrogen-bond donors (Lipinski definition) is 0. The van der Waals surface area contributed by atoms with Gasteiger partial charge in [0, 0.05) is 12.8 Å². The summed E-state index contributed by atoms with van der Waals surface area (Å²) < 4.78 is 79.6. The summed E-state index contributed by atoms with van der Waals surface area (Å²) in [5.41, 5.74) is -1.15. The maximum absolute atomic E-state index is 17.1. The van der Waals surface area contributed by atoms with E-state index in [1.807, 2.05) is 0 Å². The number of amides is 1. The molecule has 4 atom stereocenters. The summed E-state index contributed by atoms with van der Waals surface area (Å²) in [5.74, 6) is -7.20. The molecule has 2 aromatic heterocycles. The van der Waals surface area contributed by atoms with Gasteiger partial charge in [-0.05, 0) is 33.1 Å². The van der Waals surface area contributed by atoms with Gasteiger partial charge in [-0.2, -0.15) is 0 Å². The number of ether oxygens (including phenoxy) is 1. The van der Waals surface area contributed by atoms with Gasteiger partial charge < -0.3 is 9.64 Å². The number of sulfone groups is 1. The Morgan fingerprint density at radius 3 is 2.51 bits per heavy atom. The summed E-state index contributed by atoms with van der Waals surface area (Å²) in [6.45, 7) is 7.33. The van der Waals surface area contributed by atoms with Crippen LogP contribution in [0.2, 0.25) is 5.15 Å². The van der Waals surface area contributed by atoms with Crippen LogP contribution in [0.15, 0.2) is 5.16 Å². The number of alkyl halides is 2. The monoisotopic (exact) mass is 561 g/mol. The number of piperazine rings is 1. The summed E-state index contributed by atoms with van der Waals surface area (Å²) in [4.78, 5) is 27.3. The predicted octanol–water partition coefficient (Wildman–Crippen LogP) is 4.35. The molecule has 5 heterocycles. The molecule has 9 nitrogen and oxygen atoms in total. The van der Waals surface area contributed by atoms with Gasteiger partial charge in [0.2, 0.25) is 26.6 Å². The minimum Gasteiger partial charge on any atom is -0.444 e. The summed E-state index contributed by atoms with van der Waals surface area (Å²) >= 11 is 6.03. The Kier molecular flexibility index (Phi) is 5.70. The lowest BCUT2D eigenvalue weighted by Gasteiger charge is -2.53. The van der Waals surface area contributed by atoms with Crippen LogP contribution < -0.4 is 4.90 Å². The van der Waals surface area contributed by atoms with Gasteiger partial charge in [-0.25, -0.2) is 46.2 Å². The number of nitrogens with zero attached hydrogens (tertiary/aromatic N) is 5. The zero-order valence-electron chi connectivity index (χ0n) is 21.0. The van der Waals surface area contributed by atoms with Crippen LogP contribution in [0.5, 0.6) is 0 Å². The fourth-order valence-corrected chi connectivity index (χ4v) is 6.64. The van der Waals surface area contributed by atoms with Crippen molar-refractivity contribution < 1.29 is 31.1 Å². The largest absolute Gasteiger partial charge is 0.444 e. The molecule has 3 aliphatic rings. The molecule has 0 spiro atoms. The second-order valence-electron chi connectivity index (χ2n) is 10.9. The van der Waals surface area contributed by atoms with Crippen molar-refractivity contribution in [3.63, 3.8) is 0 Å². The molecule has 0 aromatic carbocycles. The van der Waals surface area contributed by atoms with Crippen molar-refractivity contribution in [2.75, 3.05) is 17.2 Å². The zero-order chi connectivity index (χ0) is 27.3. The average Bonchev–Trinajstić information content (AvgIpc) is 2.90. The molecular formula is C23H27ClF3N5O4S. The molecule has 5 rings (SSSR count). The van der Waals surface area contributed by atoms with Crippen LogP contribution >= 0.6 is 11.6 Å². The highest BCUT2D eigenvalue weighted by Gasteiger charge is 2.70. The van der Waals surface area contributed by atoms with E-state index in [0.29, 0.717) is 4.90 Å². The third-order valence-corrected chi connectivity index (χ3v) is 8.92. The minimum absolute atomic E-state index is 0.0450.